The fourth-order valence-electron chi connectivity index (χ4n) is 2.41. The van der Waals surface area contributed by atoms with Crippen LogP contribution in [0.2, 0.25) is 0 Å². The average molecular weight is 270 g/mol. The standard InChI is InChI=1S/C14H19NO2.ClH/c16-14(17)13(12-7-3-1-4-8-12)11-15-9-5-2-6-10-15;/h1,3-4,7-8,13H,2,5-6,9-11H2,(H,16,17);1H. The van der Waals surface area contributed by atoms with E-state index in [1.165, 1.54) is 19.3 Å². The highest BCUT2D eigenvalue weighted by molar-refractivity contribution is 5.85. The van der Waals surface area contributed by atoms with E-state index in [0.717, 1.165) is 18.7 Å². The van der Waals surface area contributed by atoms with Crippen LogP contribution in [0.25, 0.3) is 0 Å². The maximum Gasteiger partial charge on any atom is 0.312 e. The second-order valence-corrected chi connectivity index (χ2v) is 4.66. The molecule has 1 aromatic carbocycles. The zero-order valence-corrected chi connectivity index (χ0v) is 11.2. The Labute approximate surface area is 114 Å². The molecule has 0 radical (unpaired) electrons. The van der Waals surface area contributed by atoms with E-state index in [1.807, 2.05) is 30.3 Å². The Bertz CT molecular complexity index is 363. The first-order valence-electron chi connectivity index (χ1n) is 6.27. The lowest BCUT2D eigenvalue weighted by molar-refractivity contribution is -0.139. The molecule has 3 nitrogen and oxygen atoms in total. The minimum atomic E-state index is -0.721. The third-order valence-electron chi connectivity index (χ3n) is 3.39. The van der Waals surface area contributed by atoms with Crippen LogP contribution in [0.15, 0.2) is 30.3 Å². The van der Waals surface area contributed by atoms with Gasteiger partial charge in [-0.2, -0.15) is 0 Å². The highest BCUT2D eigenvalue weighted by Gasteiger charge is 2.23. The molecule has 2 rings (SSSR count). The number of hydrogen-bond donors (Lipinski definition) is 1. The molecule has 18 heavy (non-hydrogen) atoms. The summed E-state index contributed by atoms with van der Waals surface area (Å²) in [5.74, 6) is -1.11. The van der Waals surface area contributed by atoms with Gasteiger partial charge in [0.05, 0.1) is 5.92 Å². The van der Waals surface area contributed by atoms with Crippen molar-refractivity contribution in [2.24, 2.45) is 0 Å². The molecule has 0 spiro atoms. The highest BCUT2D eigenvalue weighted by Crippen LogP contribution is 2.19. The largest absolute Gasteiger partial charge is 0.481 e. The van der Waals surface area contributed by atoms with Crippen LogP contribution in [-0.2, 0) is 4.79 Å². The van der Waals surface area contributed by atoms with Gasteiger partial charge in [0, 0.05) is 6.54 Å². The Morgan fingerprint density at radius 1 is 1.17 bits per heavy atom. The Morgan fingerprint density at radius 3 is 2.33 bits per heavy atom. The van der Waals surface area contributed by atoms with E-state index in [2.05, 4.69) is 4.90 Å². The van der Waals surface area contributed by atoms with Crippen LogP contribution >= 0.6 is 12.4 Å². The molecule has 0 amide bonds. The topological polar surface area (TPSA) is 40.5 Å². The predicted molar refractivity (Wildman–Crippen MR) is 74.4 cm³/mol. The quantitative estimate of drug-likeness (QED) is 0.914. The Morgan fingerprint density at radius 2 is 1.78 bits per heavy atom. The van der Waals surface area contributed by atoms with E-state index in [0.29, 0.717) is 6.54 Å². The summed E-state index contributed by atoms with van der Waals surface area (Å²) in [6.45, 7) is 2.71. The van der Waals surface area contributed by atoms with E-state index >= 15 is 0 Å². The van der Waals surface area contributed by atoms with Crippen LogP contribution in [0.4, 0.5) is 0 Å². The third kappa shape index (κ3) is 4.00. The lowest BCUT2D eigenvalue weighted by Crippen LogP contribution is -2.35. The van der Waals surface area contributed by atoms with E-state index < -0.39 is 11.9 Å². The van der Waals surface area contributed by atoms with Gasteiger partial charge < -0.3 is 10.0 Å². The van der Waals surface area contributed by atoms with Gasteiger partial charge >= 0.3 is 5.97 Å². The molecule has 1 saturated heterocycles. The average Bonchev–Trinajstić information content (AvgIpc) is 2.38. The van der Waals surface area contributed by atoms with Crippen LogP contribution in [0.5, 0.6) is 0 Å². The number of piperidine rings is 1. The zero-order chi connectivity index (χ0) is 12.1. The summed E-state index contributed by atoms with van der Waals surface area (Å²) in [7, 11) is 0. The normalized spacial score (nSPS) is 17.8. The molecule has 1 heterocycles. The number of aliphatic carboxylic acids is 1. The molecule has 100 valence electrons. The summed E-state index contributed by atoms with van der Waals surface area (Å²) >= 11 is 0. The molecule has 0 aliphatic carbocycles. The smallest absolute Gasteiger partial charge is 0.312 e. The molecule has 1 aliphatic rings. The molecule has 1 aliphatic heterocycles. The van der Waals surface area contributed by atoms with Crippen LogP contribution in [0.3, 0.4) is 0 Å². The molecule has 1 atom stereocenters. The Hall–Kier alpha value is -1.06. The molecule has 1 aromatic rings. The first-order chi connectivity index (χ1) is 8.27. The van der Waals surface area contributed by atoms with E-state index in [1.54, 1.807) is 0 Å². The number of halogens is 1. The SMILES string of the molecule is Cl.O=C(O)C(CN1CCCCC1)c1ccccc1. The lowest BCUT2D eigenvalue weighted by Gasteiger charge is -2.29. The molecule has 1 fully saturated rings. The van der Waals surface area contributed by atoms with Crippen molar-refractivity contribution in [3.8, 4) is 0 Å². The first-order valence-corrected chi connectivity index (χ1v) is 6.27. The fraction of sp³-hybridized carbons (Fsp3) is 0.500. The second kappa shape index (κ2) is 7.39. The summed E-state index contributed by atoms with van der Waals surface area (Å²) < 4.78 is 0. The summed E-state index contributed by atoms with van der Waals surface area (Å²) in [4.78, 5) is 13.6. The van der Waals surface area contributed by atoms with Gasteiger partial charge in [-0.25, -0.2) is 0 Å². The van der Waals surface area contributed by atoms with Gasteiger partial charge in [0.1, 0.15) is 0 Å². The van der Waals surface area contributed by atoms with Crippen LogP contribution in [0, 0.1) is 0 Å². The summed E-state index contributed by atoms with van der Waals surface area (Å²) in [6, 6.07) is 9.54. The molecule has 1 unspecified atom stereocenters. The van der Waals surface area contributed by atoms with E-state index in [9.17, 15) is 9.90 Å². The summed E-state index contributed by atoms with van der Waals surface area (Å²) in [5.41, 5.74) is 0.908. The van der Waals surface area contributed by atoms with E-state index in [-0.39, 0.29) is 12.4 Å². The molecular weight excluding hydrogens is 250 g/mol. The fourth-order valence-corrected chi connectivity index (χ4v) is 2.41. The lowest BCUT2D eigenvalue weighted by atomic mass is 9.97. The van der Waals surface area contributed by atoms with Crippen molar-refractivity contribution in [2.45, 2.75) is 25.2 Å². The zero-order valence-electron chi connectivity index (χ0n) is 10.4. The van der Waals surface area contributed by atoms with Crippen LogP contribution < -0.4 is 0 Å². The second-order valence-electron chi connectivity index (χ2n) is 4.66. The van der Waals surface area contributed by atoms with Crippen molar-refractivity contribution in [3.63, 3.8) is 0 Å². The minimum Gasteiger partial charge on any atom is -0.481 e. The first kappa shape index (κ1) is 15.0. The molecule has 0 saturated carbocycles. The van der Waals surface area contributed by atoms with Gasteiger partial charge in [0.15, 0.2) is 0 Å². The van der Waals surface area contributed by atoms with Gasteiger partial charge in [0.2, 0.25) is 0 Å². The highest BCUT2D eigenvalue weighted by atomic mass is 35.5. The van der Waals surface area contributed by atoms with Crippen molar-refractivity contribution in [1.29, 1.82) is 0 Å². The predicted octanol–water partition coefficient (Wildman–Crippen LogP) is 2.76. The molecule has 0 bridgehead atoms. The maximum absolute atomic E-state index is 11.3. The number of carboxylic acids is 1. The van der Waals surface area contributed by atoms with Gasteiger partial charge in [-0.1, -0.05) is 36.8 Å². The number of likely N-dealkylation sites (tertiary alicyclic amines) is 1. The molecular formula is C14H20ClNO2. The van der Waals surface area contributed by atoms with Gasteiger partial charge in [-0.05, 0) is 31.5 Å². The third-order valence-corrected chi connectivity index (χ3v) is 3.39. The van der Waals surface area contributed by atoms with Crippen molar-refractivity contribution >= 4 is 18.4 Å². The van der Waals surface area contributed by atoms with Gasteiger partial charge in [-0.3, -0.25) is 4.79 Å². The van der Waals surface area contributed by atoms with Crippen molar-refractivity contribution in [1.82, 2.24) is 4.90 Å². The number of hydrogen-bond acceptors (Lipinski definition) is 2. The number of carbonyl (C=O) groups is 1. The molecule has 0 aromatic heterocycles. The van der Waals surface area contributed by atoms with E-state index in [4.69, 9.17) is 0 Å². The van der Waals surface area contributed by atoms with Crippen molar-refractivity contribution in [3.05, 3.63) is 35.9 Å². The molecule has 1 N–H and O–H groups in total. The summed E-state index contributed by atoms with van der Waals surface area (Å²) in [6.07, 6.45) is 3.67. The van der Waals surface area contributed by atoms with Crippen LogP contribution in [0.1, 0.15) is 30.7 Å². The number of nitrogens with zero attached hydrogens (tertiary/aromatic N) is 1. The number of rotatable bonds is 4. The molecule has 4 heteroatoms. The maximum atomic E-state index is 11.3. The van der Waals surface area contributed by atoms with Gasteiger partial charge in [0.25, 0.3) is 0 Å². The Kier molecular flexibility index (Phi) is 6.16. The minimum absolute atomic E-state index is 0. The van der Waals surface area contributed by atoms with Crippen molar-refractivity contribution in [2.75, 3.05) is 19.6 Å². The van der Waals surface area contributed by atoms with Crippen molar-refractivity contribution < 1.29 is 9.90 Å². The Balaban J connectivity index is 0.00000162. The number of carboxylic acid groups (broad SMARTS) is 1. The number of benzene rings is 1. The van der Waals surface area contributed by atoms with Gasteiger partial charge in [-0.15, -0.1) is 12.4 Å². The summed E-state index contributed by atoms with van der Waals surface area (Å²) in [5, 5.41) is 9.33. The monoisotopic (exact) mass is 269 g/mol. The van der Waals surface area contributed by atoms with Crippen LogP contribution in [-0.4, -0.2) is 35.6 Å².